The first kappa shape index (κ1) is 27.5. The molecule has 10 nitrogen and oxygen atoms in total. The fourth-order valence-electron chi connectivity index (χ4n) is 2.22. The second kappa shape index (κ2) is 14.5. The van der Waals surface area contributed by atoms with Crippen LogP contribution in [0, 0.1) is 0 Å². The normalized spacial score (nSPS) is 16.1. The molecular weight excluding hydrogens is 420 g/mol. The standard InChI is InChI=1S/C17H32N4O6S2/c1-9(18)14(23)21-13(10(2)22)16(25)19-11(5-7-28-3)15(24)20-12(17(26)27)6-8-29-4/h9-13,22H,5-8,18H2,1-4H3,(H,19,25)(H,20,24)(H,21,23)(H,26,27). The van der Waals surface area contributed by atoms with E-state index in [0.29, 0.717) is 11.5 Å². The lowest BCUT2D eigenvalue weighted by Crippen LogP contribution is -2.59. The molecular formula is C17H32N4O6S2. The minimum Gasteiger partial charge on any atom is -0.480 e. The van der Waals surface area contributed by atoms with Crippen LogP contribution in [-0.2, 0) is 19.2 Å². The number of carboxylic acids is 1. The van der Waals surface area contributed by atoms with E-state index in [-0.39, 0.29) is 12.8 Å². The van der Waals surface area contributed by atoms with Gasteiger partial charge in [0.2, 0.25) is 17.7 Å². The van der Waals surface area contributed by atoms with Gasteiger partial charge in [0.05, 0.1) is 12.1 Å². The van der Waals surface area contributed by atoms with Crippen LogP contribution < -0.4 is 21.7 Å². The molecule has 0 rings (SSSR count). The summed E-state index contributed by atoms with van der Waals surface area (Å²) in [5.74, 6) is -2.10. The second-order valence-corrected chi connectivity index (χ2v) is 8.51. The van der Waals surface area contributed by atoms with Gasteiger partial charge in [-0.25, -0.2) is 4.79 Å². The largest absolute Gasteiger partial charge is 0.480 e. The molecule has 5 unspecified atom stereocenters. The summed E-state index contributed by atoms with van der Waals surface area (Å²) in [6.45, 7) is 2.76. The quantitative estimate of drug-likeness (QED) is 0.189. The van der Waals surface area contributed by atoms with E-state index in [1.807, 2.05) is 12.5 Å². The van der Waals surface area contributed by atoms with Crippen molar-refractivity contribution < 1.29 is 29.4 Å². The summed E-state index contributed by atoms with van der Waals surface area (Å²) in [6, 6.07) is -4.27. The SMILES string of the molecule is CSCCC(NC(=O)C(CCSC)NC(=O)C(NC(=O)C(C)N)C(C)O)C(=O)O. The Hall–Kier alpha value is -1.50. The lowest BCUT2D eigenvalue weighted by Gasteiger charge is -2.26. The molecule has 0 aliphatic heterocycles. The number of rotatable bonds is 14. The van der Waals surface area contributed by atoms with Gasteiger partial charge >= 0.3 is 5.97 Å². The number of aliphatic hydroxyl groups excluding tert-OH is 1. The summed E-state index contributed by atoms with van der Waals surface area (Å²) < 4.78 is 0. The Morgan fingerprint density at radius 2 is 1.34 bits per heavy atom. The Morgan fingerprint density at radius 3 is 1.76 bits per heavy atom. The van der Waals surface area contributed by atoms with Crippen molar-refractivity contribution >= 4 is 47.2 Å². The second-order valence-electron chi connectivity index (χ2n) is 6.54. The number of hydrogen-bond donors (Lipinski definition) is 6. The lowest BCUT2D eigenvalue weighted by molar-refractivity contribution is -0.142. The van der Waals surface area contributed by atoms with Gasteiger partial charge in [0.25, 0.3) is 0 Å². The minimum atomic E-state index is -1.30. The maximum Gasteiger partial charge on any atom is 0.326 e. The first-order valence-electron chi connectivity index (χ1n) is 9.10. The van der Waals surface area contributed by atoms with E-state index in [1.54, 1.807) is 0 Å². The first-order chi connectivity index (χ1) is 13.5. The highest BCUT2D eigenvalue weighted by molar-refractivity contribution is 7.98. The van der Waals surface area contributed by atoms with Gasteiger partial charge in [0, 0.05) is 0 Å². The third-order valence-corrected chi connectivity index (χ3v) is 5.23. The van der Waals surface area contributed by atoms with Crippen LogP contribution in [-0.4, -0.2) is 88.2 Å². The summed E-state index contributed by atoms with van der Waals surface area (Å²) >= 11 is 2.91. The van der Waals surface area contributed by atoms with Gasteiger partial charge in [-0.3, -0.25) is 14.4 Å². The summed E-state index contributed by atoms with van der Waals surface area (Å²) in [6.07, 6.45) is 2.93. The van der Waals surface area contributed by atoms with Crippen molar-refractivity contribution in [3.8, 4) is 0 Å². The molecule has 29 heavy (non-hydrogen) atoms. The number of carbonyl (C=O) groups is 4. The molecule has 3 amide bonds. The number of carbonyl (C=O) groups excluding carboxylic acids is 3. The van der Waals surface area contributed by atoms with Crippen LogP contribution in [0.5, 0.6) is 0 Å². The van der Waals surface area contributed by atoms with Crippen molar-refractivity contribution in [1.29, 1.82) is 0 Å². The van der Waals surface area contributed by atoms with E-state index in [0.717, 1.165) is 0 Å². The maximum absolute atomic E-state index is 12.6. The predicted molar refractivity (Wildman–Crippen MR) is 115 cm³/mol. The monoisotopic (exact) mass is 452 g/mol. The molecule has 0 fully saturated rings. The van der Waals surface area contributed by atoms with Crippen LogP contribution in [0.4, 0.5) is 0 Å². The molecule has 7 N–H and O–H groups in total. The average molecular weight is 453 g/mol. The van der Waals surface area contributed by atoms with Crippen LogP contribution in [0.1, 0.15) is 26.7 Å². The van der Waals surface area contributed by atoms with E-state index in [4.69, 9.17) is 5.73 Å². The van der Waals surface area contributed by atoms with E-state index in [1.165, 1.54) is 37.4 Å². The number of nitrogens with one attached hydrogen (secondary N) is 3. The van der Waals surface area contributed by atoms with Crippen LogP contribution >= 0.6 is 23.5 Å². The first-order valence-corrected chi connectivity index (χ1v) is 11.9. The number of aliphatic hydroxyl groups is 1. The van der Waals surface area contributed by atoms with E-state index in [9.17, 15) is 29.4 Å². The lowest BCUT2D eigenvalue weighted by atomic mass is 10.1. The zero-order chi connectivity index (χ0) is 22.6. The molecule has 0 aliphatic rings. The molecule has 0 aliphatic carbocycles. The summed E-state index contributed by atoms with van der Waals surface area (Å²) in [5, 5.41) is 26.4. The molecule has 12 heteroatoms. The number of carboxylic acid groups (broad SMARTS) is 1. The third kappa shape index (κ3) is 10.7. The number of thioether (sulfide) groups is 2. The number of aliphatic carboxylic acids is 1. The summed E-state index contributed by atoms with van der Waals surface area (Å²) in [7, 11) is 0. The van der Waals surface area contributed by atoms with Crippen LogP contribution in [0.2, 0.25) is 0 Å². The molecule has 0 saturated heterocycles. The van der Waals surface area contributed by atoms with Crippen molar-refractivity contribution in [3.63, 3.8) is 0 Å². The fourth-order valence-corrected chi connectivity index (χ4v) is 3.16. The van der Waals surface area contributed by atoms with Gasteiger partial charge in [-0.15, -0.1) is 0 Å². The predicted octanol–water partition coefficient (Wildman–Crippen LogP) is -1.24. The molecule has 168 valence electrons. The highest BCUT2D eigenvalue weighted by Crippen LogP contribution is 2.06. The van der Waals surface area contributed by atoms with Crippen molar-refractivity contribution in [1.82, 2.24) is 16.0 Å². The van der Waals surface area contributed by atoms with Gasteiger partial charge in [0.1, 0.15) is 18.1 Å². The molecule has 0 aromatic rings. The van der Waals surface area contributed by atoms with Crippen molar-refractivity contribution in [2.45, 2.75) is 57.0 Å². The Bertz CT molecular complexity index is 562. The highest BCUT2D eigenvalue weighted by atomic mass is 32.2. The summed E-state index contributed by atoms with van der Waals surface area (Å²) in [4.78, 5) is 48.4. The van der Waals surface area contributed by atoms with Crippen LogP contribution in [0.15, 0.2) is 0 Å². The van der Waals surface area contributed by atoms with Crippen molar-refractivity contribution in [2.75, 3.05) is 24.0 Å². The molecule has 0 radical (unpaired) electrons. The molecule has 0 bridgehead atoms. The Balaban J connectivity index is 5.27. The van der Waals surface area contributed by atoms with Crippen LogP contribution in [0.3, 0.4) is 0 Å². The van der Waals surface area contributed by atoms with Crippen molar-refractivity contribution in [2.24, 2.45) is 5.73 Å². The Kier molecular flexibility index (Phi) is 13.7. The van der Waals surface area contributed by atoms with Crippen molar-refractivity contribution in [3.05, 3.63) is 0 Å². The average Bonchev–Trinajstić information content (AvgIpc) is 2.64. The van der Waals surface area contributed by atoms with Crippen LogP contribution in [0.25, 0.3) is 0 Å². The minimum absolute atomic E-state index is 0.242. The topological polar surface area (TPSA) is 171 Å². The van der Waals surface area contributed by atoms with Gasteiger partial charge < -0.3 is 31.9 Å². The molecule has 0 saturated carbocycles. The maximum atomic E-state index is 12.6. The number of nitrogens with two attached hydrogens (primary N) is 1. The number of hydrogen-bond acceptors (Lipinski definition) is 8. The van der Waals surface area contributed by atoms with Gasteiger partial charge in [-0.2, -0.15) is 23.5 Å². The van der Waals surface area contributed by atoms with E-state index >= 15 is 0 Å². The molecule has 0 aromatic heterocycles. The Morgan fingerprint density at radius 1 is 0.862 bits per heavy atom. The molecule has 5 atom stereocenters. The number of amides is 3. The smallest absolute Gasteiger partial charge is 0.326 e. The fraction of sp³-hybridized carbons (Fsp3) is 0.765. The molecule has 0 aromatic carbocycles. The van der Waals surface area contributed by atoms with Gasteiger partial charge in [0.15, 0.2) is 0 Å². The van der Waals surface area contributed by atoms with Gasteiger partial charge in [-0.1, -0.05) is 0 Å². The molecule has 0 spiro atoms. The summed E-state index contributed by atoms with van der Waals surface area (Å²) in [5.41, 5.74) is 5.47. The molecule has 0 heterocycles. The zero-order valence-electron chi connectivity index (χ0n) is 17.1. The Labute approximate surface area is 179 Å². The van der Waals surface area contributed by atoms with E-state index in [2.05, 4.69) is 16.0 Å². The highest BCUT2D eigenvalue weighted by Gasteiger charge is 2.31. The third-order valence-electron chi connectivity index (χ3n) is 3.95. The van der Waals surface area contributed by atoms with E-state index < -0.39 is 54.0 Å². The zero-order valence-corrected chi connectivity index (χ0v) is 18.8. The van der Waals surface area contributed by atoms with Gasteiger partial charge in [-0.05, 0) is 50.7 Å².